The molecule has 0 spiro atoms. The Morgan fingerprint density at radius 2 is 1.71 bits per heavy atom. The van der Waals surface area contributed by atoms with Gasteiger partial charge >= 0.3 is 23.6 Å². The molecule has 0 saturated heterocycles. The second kappa shape index (κ2) is 10.4. The van der Waals surface area contributed by atoms with Crippen molar-refractivity contribution in [3.8, 4) is 0 Å². The van der Waals surface area contributed by atoms with Crippen LogP contribution < -0.4 is 11.4 Å². The zero-order chi connectivity index (χ0) is 21.4. The molecule has 1 heterocycles. The molecule has 0 amide bonds. The van der Waals surface area contributed by atoms with Gasteiger partial charge in [0, 0.05) is 34.1 Å². The highest BCUT2D eigenvalue weighted by atomic mass is 16.6. The number of nitrogens with two attached hydrogens (primary N) is 1. The average Bonchev–Trinajstić information content (AvgIpc) is 2.58. The van der Waals surface area contributed by atoms with Gasteiger partial charge in [0.2, 0.25) is 0 Å². The van der Waals surface area contributed by atoms with E-state index in [1.165, 1.54) is 13.2 Å². The molecule has 12 nitrogen and oxygen atoms in total. The van der Waals surface area contributed by atoms with Gasteiger partial charge in [0.1, 0.15) is 18.5 Å². The van der Waals surface area contributed by atoms with Crippen LogP contribution in [0.2, 0.25) is 0 Å². The Bertz CT molecular complexity index is 764. The minimum absolute atomic E-state index is 0.0846. The number of hydrogen-bond donors (Lipinski definition) is 2. The predicted molar refractivity (Wildman–Crippen MR) is 92.7 cm³/mol. The van der Waals surface area contributed by atoms with Gasteiger partial charge < -0.3 is 29.8 Å². The second-order valence-electron chi connectivity index (χ2n) is 5.68. The van der Waals surface area contributed by atoms with Crippen LogP contribution in [0.1, 0.15) is 27.0 Å². The number of aromatic nitrogens is 2. The molecule has 0 aliphatic heterocycles. The smallest absolute Gasteiger partial charge is 0.351 e. The largest absolute Gasteiger partial charge is 0.463 e. The van der Waals surface area contributed by atoms with Crippen LogP contribution in [-0.4, -0.2) is 64.6 Å². The Labute approximate surface area is 160 Å². The van der Waals surface area contributed by atoms with Crippen molar-refractivity contribution < 1.29 is 38.4 Å². The molecule has 0 aliphatic carbocycles. The van der Waals surface area contributed by atoms with Crippen molar-refractivity contribution in [1.82, 2.24) is 9.55 Å². The Balaban J connectivity index is 3.34. The number of nitrogen functional groups attached to an aromatic ring is 1. The lowest BCUT2D eigenvalue weighted by Gasteiger charge is -2.34. The summed E-state index contributed by atoms with van der Waals surface area (Å²) in [5, 5.41) is 10.7. The van der Waals surface area contributed by atoms with Gasteiger partial charge in [0.15, 0.2) is 18.4 Å². The van der Waals surface area contributed by atoms with Gasteiger partial charge in [-0.2, -0.15) is 4.98 Å². The molecule has 1 rings (SSSR count). The van der Waals surface area contributed by atoms with Gasteiger partial charge in [-0.1, -0.05) is 0 Å². The van der Waals surface area contributed by atoms with E-state index in [0.29, 0.717) is 0 Å². The second-order valence-corrected chi connectivity index (χ2v) is 5.68. The summed E-state index contributed by atoms with van der Waals surface area (Å²) in [6, 6.07) is 1.24. The molecule has 0 bridgehead atoms. The number of hydrogen-bond acceptors (Lipinski definition) is 11. The summed E-state index contributed by atoms with van der Waals surface area (Å²) in [5.41, 5.74) is 4.49. The van der Waals surface area contributed by atoms with Crippen molar-refractivity contribution in [2.45, 2.75) is 45.3 Å². The third-order valence-electron chi connectivity index (χ3n) is 3.48. The van der Waals surface area contributed by atoms with E-state index in [-0.39, 0.29) is 12.4 Å². The number of aliphatic hydroxyl groups is 1. The maximum atomic E-state index is 12.0. The fraction of sp³-hybridized carbons (Fsp3) is 0.562. The molecule has 28 heavy (non-hydrogen) atoms. The van der Waals surface area contributed by atoms with Gasteiger partial charge in [-0.3, -0.25) is 19.0 Å². The minimum Gasteiger partial charge on any atom is -0.463 e. The molecule has 156 valence electrons. The first-order chi connectivity index (χ1) is 13.1. The number of methoxy groups -OCH3 is 1. The SMILES string of the molecule is COC(COC(C)=O)C(OC(C)=O)C(OC(C)=O)C(O)n1ccc(N)nc1=O. The zero-order valence-electron chi connectivity index (χ0n) is 15.9. The number of ether oxygens (including phenoxy) is 4. The van der Waals surface area contributed by atoms with Crippen molar-refractivity contribution in [1.29, 1.82) is 0 Å². The van der Waals surface area contributed by atoms with Crippen LogP contribution >= 0.6 is 0 Å². The Hall–Kier alpha value is -2.99. The van der Waals surface area contributed by atoms with E-state index in [9.17, 15) is 24.3 Å². The van der Waals surface area contributed by atoms with E-state index in [1.54, 1.807) is 0 Å². The maximum Gasteiger partial charge on any atom is 0.351 e. The van der Waals surface area contributed by atoms with Crippen LogP contribution in [0, 0.1) is 0 Å². The highest BCUT2D eigenvalue weighted by Gasteiger charge is 2.41. The molecular weight excluding hydrogens is 378 g/mol. The van der Waals surface area contributed by atoms with Gasteiger partial charge in [0.05, 0.1) is 0 Å². The van der Waals surface area contributed by atoms with E-state index in [2.05, 4.69) is 4.98 Å². The molecule has 4 unspecified atom stereocenters. The Morgan fingerprint density at radius 1 is 1.14 bits per heavy atom. The quantitative estimate of drug-likeness (QED) is 0.375. The van der Waals surface area contributed by atoms with E-state index in [1.807, 2.05) is 0 Å². The van der Waals surface area contributed by atoms with Crippen LogP contribution in [0.3, 0.4) is 0 Å². The number of carbonyl (C=O) groups is 3. The molecule has 0 radical (unpaired) electrons. The van der Waals surface area contributed by atoms with Crippen molar-refractivity contribution in [2.75, 3.05) is 19.5 Å². The number of esters is 3. The molecule has 1 aromatic heterocycles. The number of rotatable bonds is 9. The summed E-state index contributed by atoms with van der Waals surface area (Å²) < 4.78 is 21.0. The highest BCUT2D eigenvalue weighted by Crippen LogP contribution is 2.22. The van der Waals surface area contributed by atoms with E-state index >= 15 is 0 Å². The number of anilines is 1. The third kappa shape index (κ3) is 6.63. The number of carbonyl (C=O) groups excluding carboxylic acids is 3. The molecule has 4 atom stereocenters. The van der Waals surface area contributed by atoms with Crippen molar-refractivity contribution in [3.05, 3.63) is 22.7 Å². The summed E-state index contributed by atoms with van der Waals surface area (Å²) in [7, 11) is 1.23. The fourth-order valence-corrected chi connectivity index (χ4v) is 2.32. The molecule has 3 N–H and O–H groups in total. The summed E-state index contributed by atoms with van der Waals surface area (Å²) in [6.07, 6.45) is -4.83. The normalized spacial score (nSPS) is 15.0. The van der Waals surface area contributed by atoms with Gasteiger partial charge in [-0.15, -0.1) is 0 Å². The molecule has 0 saturated carbocycles. The third-order valence-corrected chi connectivity index (χ3v) is 3.48. The van der Waals surface area contributed by atoms with E-state index < -0.39 is 48.1 Å². The molecule has 12 heteroatoms. The maximum absolute atomic E-state index is 12.0. The van der Waals surface area contributed by atoms with Crippen LogP contribution in [0.5, 0.6) is 0 Å². The minimum atomic E-state index is -1.82. The van der Waals surface area contributed by atoms with E-state index in [0.717, 1.165) is 31.5 Å². The lowest BCUT2D eigenvalue weighted by Crippen LogP contribution is -2.51. The van der Waals surface area contributed by atoms with Crippen molar-refractivity contribution >= 4 is 23.7 Å². The first kappa shape index (κ1) is 23.0. The lowest BCUT2D eigenvalue weighted by molar-refractivity contribution is -0.200. The highest BCUT2D eigenvalue weighted by molar-refractivity contribution is 5.67. The first-order valence-corrected chi connectivity index (χ1v) is 8.10. The van der Waals surface area contributed by atoms with Crippen molar-refractivity contribution in [3.63, 3.8) is 0 Å². The summed E-state index contributed by atoms with van der Waals surface area (Å²) in [5.74, 6) is -2.34. The van der Waals surface area contributed by atoms with Gasteiger partial charge in [0.25, 0.3) is 0 Å². The predicted octanol–water partition coefficient (Wildman–Crippen LogP) is -1.24. The fourth-order valence-electron chi connectivity index (χ4n) is 2.32. The summed E-state index contributed by atoms with van der Waals surface area (Å²) in [6.45, 7) is 2.93. The average molecular weight is 401 g/mol. The Morgan fingerprint density at radius 3 is 2.18 bits per heavy atom. The van der Waals surface area contributed by atoms with Crippen molar-refractivity contribution in [2.24, 2.45) is 0 Å². The standard InChI is InChI=1S/C16H23N3O9/c1-8(20)26-7-11(25-4)13(27-9(2)21)14(28-10(3)22)15(23)19-6-5-12(17)18-16(19)24/h5-6,11,13-15,23H,7H2,1-4H3,(H2,17,18,24). The molecular formula is C16H23N3O9. The monoisotopic (exact) mass is 401 g/mol. The summed E-state index contributed by atoms with van der Waals surface area (Å²) >= 11 is 0. The van der Waals surface area contributed by atoms with E-state index in [4.69, 9.17) is 24.7 Å². The number of nitrogens with zero attached hydrogens (tertiary/aromatic N) is 2. The van der Waals surface area contributed by atoms with Gasteiger partial charge in [-0.05, 0) is 6.07 Å². The number of aliphatic hydroxyl groups excluding tert-OH is 1. The molecule has 1 aromatic rings. The topological polar surface area (TPSA) is 169 Å². The van der Waals surface area contributed by atoms with Crippen LogP contribution in [0.15, 0.2) is 17.1 Å². The molecule has 0 aromatic carbocycles. The zero-order valence-corrected chi connectivity index (χ0v) is 15.9. The molecule has 0 aliphatic rings. The van der Waals surface area contributed by atoms with Gasteiger partial charge in [-0.25, -0.2) is 4.79 Å². The first-order valence-electron chi connectivity index (χ1n) is 8.10. The Kier molecular flexibility index (Phi) is 8.54. The lowest BCUT2D eigenvalue weighted by atomic mass is 10.1. The summed E-state index contributed by atoms with van der Waals surface area (Å²) in [4.78, 5) is 49.8. The van der Waals surface area contributed by atoms with Crippen LogP contribution in [-0.2, 0) is 33.3 Å². The van der Waals surface area contributed by atoms with Crippen LogP contribution in [0.25, 0.3) is 0 Å². The van der Waals surface area contributed by atoms with Crippen LogP contribution in [0.4, 0.5) is 5.82 Å². The molecule has 0 fully saturated rings.